The molecule has 0 aliphatic heterocycles. The van der Waals surface area contributed by atoms with Crippen LogP contribution in [-0.4, -0.2) is 13.7 Å². The number of hydrogen-bond donors (Lipinski definition) is 0. The van der Waals surface area contributed by atoms with Crippen LogP contribution in [0.15, 0.2) is 176 Å². The lowest BCUT2D eigenvalue weighted by Gasteiger charge is -2.21. The molecule has 0 saturated heterocycles. The number of rotatable bonds is 2. The van der Waals surface area contributed by atoms with E-state index in [4.69, 9.17) is 0 Å². The van der Waals surface area contributed by atoms with E-state index in [0.717, 1.165) is 12.8 Å². The van der Waals surface area contributed by atoms with Crippen LogP contribution in [0.25, 0.3) is 109 Å². The van der Waals surface area contributed by atoms with Crippen LogP contribution in [0, 0.1) is 5.41 Å². The van der Waals surface area contributed by atoms with E-state index in [1.807, 2.05) is 0 Å². The van der Waals surface area contributed by atoms with E-state index in [0.29, 0.717) is 0 Å². The minimum Gasteiger partial charge on any atom is -0.344 e. The quantitative estimate of drug-likeness (QED) is 0.153. The van der Waals surface area contributed by atoms with Crippen LogP contribution in [0.5, 0.6) is 0 Å². The van der Waals surface area contributed by atoms with Crippen LogP contribution < -0.4 is 0 Å². The lowest BCUT2D eigenvalue weighted by atomic mass is 9.82. The molecule has 15 rings (SSSR count). The van der Waals surface area contributed by atoms with Gasteiger partial charge in [-0.25, -0.2) is 0 Å². The summed E-state index contributed by atoms with van der Waals surface area (Å²) >= 11 is 0. The molecule has 0 fully saturated rings. The molecule has 10 aromatic carbocycles. The minimum atomic E-state index is 0.0469. The van der Waals surface area contributed by atoms with Crippen molar-refractivity contribution in [2.75, 3.05) is 0 Å². The Labute approximate surface area is 467 Å². The van der Waals surface area contributed by atoms with Gasteiger partial charge in [-0.15, -0.1) is 0 Å². The molecule has 0 N–H and O–H groups in total. The van der Waals surface area contributed by atoms with Crippen LogP contribution in [0.3, 0.4) is 0 Å². The monoisotopic (exact) mass is 1030 g/mol. The number of aromatic nitrogens is 3. The molecule has 0 bridgehead atoms. The summed E-state index contributed by atoms with van der Waals surface area (Å²) in [5.74, 6) is 0. The SMILES string of the molecule is CCc1ccc2c(c1)c1cc3c(cc1n2C)-c1ccccc1C3(C)C.Cn1c2ccc(C(C)(C)C)cc2c2c3cc4ccccc4cc3ccc21.Cn1c2ccc(CC(C)(C)C)cc2c2c3c(ccc21)C(C)(C)c1ccccc1-3. The van der Waals surface area contributed by atoms with Gasteiger partial charge >= 0.3 is 0 Å². The molecule has 79 heavy (non-hydrogen) atoms. The van der Waals surface area contributed by atoms with Crippen molar-refractivity contribution in [2.24, 2.45) is 26.6 Å². The Hall–Kier alpha value is -7.88. The van der Waals surface area contributed by atoms with Crippen LogP contribution in [-0.2, 0) is 50.2 Å². The van der Waals surface area contributed by atoms with Gasteiger partial charge in [0.1, 0.15) is 0 Å². The topological polar surface area (TPSA) is 14.8 Å². The van der Waals surface area contributed by atoms with Crippen molar-refractivity contribution in [3.05, 3.63) is 215 Å². The molecule has 3 heterocycles. The van der Waals surface area contributed by atoms with Crippen molar-refractivity contribution in [3.8, 4) is 22.3 Å². The zero-order valence-corrected chi connectivity index (χ0v) is 49.0. The molecule has 2 aliphatic rings. The number of hydrogen-bond acceptors (Lipinski definition) is 0. The van der Waals surface area contributed by atoms with Gasteiger partial charge in [0.25, 0.3) is 0 Å². The van der Waals surface area contributed by atoms with Gasteiger partial charge in [0, 0.05) is 97.4 Å². The van der Waals surface area contributed by atoms with E-state index >= 15 is 0 Å². The summed E-state index contributed by atoms with van der Waals surface area (Å²) in [6.07, 6.45) is 2.17. The first-order valence-electron chi connectivity index (χ1n) is 28.8. The number of benzene rings is 10. The van der Waals surface area contributed by atoms with Crippen molar-refractivity contribution >= 4 is 87.0 Å². The molecular weight excluding hydrogens is 955 g/mol. The van der Waals surface area contributed by atoms with Gasteiger partial charge in [-0.2, -0.15) is 0 Å². The summed E-state index contributed by atoms with van der Waals surface area (Å²) in [6.45, 7) is 25.5. The summed E-state index contributed by atoms with van der Waals surface area (Å²) in [5, 5.41) is 13.6. The molecule has 2 aliphatic carbocycles. The molecule has 3 aromatic heterocycles. The number of aryl methyl sites for hydroxylation is 4. The van der Waals surface area contributed by atoms with Crippen molar-refractivity contribution in [2.45, 2.75) is 105 Å². The smallest absolute Gasteiger partial charge is 0.0495 e. The van der Waals surface area contributed by atoms with Gasteiger partial charge < -0.3 is 13.7 Å². The first-order valence-corrected chi connectivity index (χ1v) is 28.8. The lowest BCUT2D eigenvalue weighted by molar-refractivity contribution is 0.411. The van der Waals surface area contributed by atoms with E-state index in [1.54, 1.807) is 0 Å². The molecule has 3 nitrogen and oxygen atoms in total. The highest BCUT2D eigenvalue weighted by Crippen LogP contribution is 2.54. The van der Waals surface area contributed by atoms with E-state index in [2.05, 4.69) is 287 Å². The zero-order chi connectivity index (χ0) is 55.2. The molecule has 0 unspecified atom stereocenters. The van der Waals surface area contributed by atoms with Gasteiger partial charge in [0.15, 0.2) is 0 Å². The first-order chi connectivity index (χ1) is 37.6. The van der Waals surface area contributed by atoms with Crippen molar-refractivity contribution in [1.82, 2.24) is 13.7 Å². The van der Waals surface area contributed by atoms with Crippen LogP contribution in [0.4, 0.5) is 0 Å². The Morgan fingerprint density at radius 1 is 0.367 bits per heavy atom. The Balaban J connectivity index is 0.000000112. The zero-order valence-electron chi connectivity index (χ0n) is 49.0. The second kappa shape index (κ2) is 17.8. The summed E-state index contributed by atoms with van der Waals surface area (Å²) in [6, 6.07) is 66.1. The summed E-state index contributed by atoms with van der Waals surface area (Å²) in [5.41, 5.74) is 24.1. The average molecular weight is 1030 g/mol. The molecule has 394 valence electrons. The lowest BCUT2D eigenvalue weighted by Crippen LogP contribution is -2.14. The Kier molecular flexibility index (Phi) is 11.4. The minimum absolute atomic E-state index is 0.0469. The fourth-order valence-corrected chi connectivity index (χ4v) is 14.1. The molecule has 0 radical (unpaired) electrons. The van der Waals surface area contributed by atoms with E-state index in [-0.39, 0.29) is 21.7 Å². The van der Waals surface area contributed by atoms with Crippen molar-refractivity contribution in [1.29, 1.82) is 0 Å². The fourth-order valence-electron chi connectivity index (χ4n) is 14.1. The highest BCUT2D eigenvalue weighted by molar-refractivity contribution is 6.23. The summed E-state index contributed by atoms with van der Waals surface area (Å²) in [4.78, 5) is 0. The predicted molar refractivity (Wildman–Crippen MR) is 343 cm³/mol. The van der Waals surface area contributed by atoms with Crippen molar-refractivity contribution < 1.29 is 0 Å². The molecule has 0 saturated carbocycles. The predicted octanol–water partition coefficient (Wildman–Crippen LogP) is 20.4. The van der Waals surface area contributed by atoms with Crippen molar-refractivity contribution in [3.63, 3.8) is 0 Å². The van der Waals surface area contributed by atoms with Gasteiger partial charge in [-0.1, -0.05) is 179 Å². The Morgan fingerprint density at radius 2 is 0.886 bits per heavy atom. The molecule has 0 amide bonds. The third-order valence-corrected chi connectivity index (χ3v) is 18.4. The standard InChI is InChI=1S/C27H29N.C25H23N.C24H23N/c1-26(2,3)16-17-11-13-22-19(15-17)25-23(28(22)6)14-12-21-24(25)18-9-7-8-10-20(18)27(21,4)5;1-25(2,3)19-10-12-22-21(15-19)24-20-14-17-8-6-5-7-16(17)13-18(20)9-11-23(24)26(22)4;1-5-15-10-11-22-18(12-15)19-13-21-17(14-23(19)25(22)4)16-8-6-7-9-20(16)24(21,2)3/h7-15H,16H2,1-6H3;5-15H,1-4H3;6-14H,5H2,1-4H3. The van der Waals surface area contributed by atoms with Gasteiger partial charge in [-0.05, 0) is 179 Å². The number of fused-ring (bicyclic) bond motifs is 19. The largest absolute Gasteiger partial charge is 0.344 e. The fraction of sp³-hybridized carbons (Fsp3) is 0.263. The summed E-state index contributed by atoms with van der Waals surface area (Å²) in [7, 11) is 6.56. The van der Waals surface area contributed by atoms with Crippen LogP contribution in [0.2, 0.25) is 0 Å². The Morgan fingerprint density at radius 3 is 1.57 bits per heavy atom. The maximum atomic E-state index is 2.45. The third-order valence-electron chi connectivity index (χ3n) is 18.4. The van der Waals surface area contributed by atoms with Gasteiger partial charge in [0.05, 0.1) is 0 Å². The second-order valence-electron chi connectivity index (χ2n) is 26.5. The molecule has 0 atom stereocenters. The van der Waals surface area contributed by atoms with Gasteiger partial charge in [0.2, 0.25) is 0 Å². The second-order valence-corrected chi connectivity index (χ2v) is 26.5. The van der Waals surface area contributed by atoms with E-state index < -0.39 is 0 Å². The van der Waals surface area contributed by atoms with E-state index in [1.165, 1.54) is 148 Å². The summed E-state index contributed by atoms with van der Waals surface area (Å²) < 4.78 is 7.03. The van der Waals surface area contributed by atoms with E-state index in [9.17, 15) is 0 Å². The Bertz CT molecular complexity index is 4660. The highest BCUT2D eigenvalue weighted by Gasteiger charge is 2.38. The third kappa shape index (κ3) is 7.89. The van der Waals surface area contributed by atoms with Crippen LogP contribution in [0.1, 0.15) is 115 Å². The maximum absolute atomic E-state index is 2.45. The normalized spacial score (nSPS) is 14.3. The first kappa shape index (κ1) is 50.6. The maximum Gasteiger partial charge on any atom is 0.0495 e. The molecular formula is C76H75N3. The molecule has 13 aromatic rings. The molecule has 0 spiro atoms. The molecule has 3 heteroatoms. The number of nitrogens with zero attached hydrogens (tertiary/aromatic N) is 3. The van der Waals surface area contributed by atoms with Gasteiger partial charge in [-0.3, -0.25) is 0 Å². The highest BCUT2D eigenvalue weighted by atomic mass is 14.9. The average Bonchev–Trinajstić information content (AvgIpc) is 3.59. The van der Waals surface area contributed by atoms with Crippen LogP contribution >= 0.6 is 0 Å².